The molecule has 0 bridgehead atoms. The third-order valence-corrected chi connectivity index (χ3v) is 8.60. The Kier molecular flexibility index (Phi) is 7.69. The van der Waals surface area contributed by atoms with E-state index in [1.165, 1.54) is 22.5 Å². The zero-order valence-corrected chi connectivity index (χ0v) is 21.4. The summed E-state index contributed by atoms with van der Waals surface area (Å²) in [4.78, 5) is 17.5. The molecule has 35 heavy (non-hydrogen) atoms. The van der Waals surface area contributed by atoms with Crippen LogP contribution in [-0.2, 0) is 14.8 Å². The number of piperazine rings is 1. The Bertz CT molecular complexity index is 1220. The molecule has 1 aliphatic heterocycles. The lowest BCUT2D eigenvalue weighted by atomic mass is 9.96. The maximum atomic E-state index is 13.1. The number of aryl methyl sites for hydroxylation is 2. The fourth-order valence-electron chi connectivity index (χ4n) is 4.64. The second kappa shape index (κ2) is 10.7. The fourth-order valence-corrected chi connectivity index (χ4v) is 6.07. The number of carbonyl (C=O) groups excluding carboxylic acids is 1. The lowest BCUT2D eigenvalue weighted by molar-refractivity contribution is -0.133. The standard InChI is InChI=1S/C28H33N3O3S/c1-22-14-15-23(2)26(20-22)35(33,34)29(3)21-27(32)30-16-18-31(19-17-30)28(24-10-6-4-7-11-24)25-12-8-5-9-13-25/h4-15,20,28H,16-19,21H2,1-3H3. The second-order valence-electron chi connectivity index (χ2n) is 9.17. The molecule has 0 N–H and O–H groups in total. The van der Waals surface area contributed by atoms with Crippen molar-refractivity contribution in [1.29, 1.82) is 0 Å². The molecule has 184 valence electrons. The molecule has 0 aliphatic carbocycles. The average molecular weight is 492 g/mol. The van der Waals surface area contributed by atoms with Crippen molar-refractivity contribution in [3.63, 3.8) is 0 Å². The van der Waals surface area contributed by atoms with Gasteiger partial charge in [0.2, 0.25) is 15.9 Å². The lowest BCUT2D eigenvalue weighted by Crippen LogP contribution is -2.52. The molecule has 4 rings (SSSR count). The summed E-state index contributed by atoms with van der Waals surface area (Å²) in [5, 5.41) is 0. The number of amides is 1. The van der Waals surface area contributed by atoms with Gasteiger partial charge < -0.3 is 4.90 Å². The van der Waals surface area contributed by atoms with Crippen molar-refractivity contribution >= 4 is 15.9 Å². The molecule has 0 radical (unpaired) electrons. The monoisotopic (exact) mass is 491 g/mol. The topological polar surface area (TPSA) is 60.9 Å². The van der Waals surface area contributed by atoms with Crippen molar-refractivity contribution in [2.45, 2.75) is 24.8 Å². The first-order valence-corrected chi connectivity index (χ1v) is 13.4. The van der Waals surface area contributed by atoms with Gasteiger partial charge in [-0.1, -0.05) is 72.8 Å². The molecule has 0 saturated carbocycles. The molecule has 1 aliphatic rings. The Morgan fingerprint density at radius 1 is 0.857 bits per heavy atom. The van der Waals surface area contributed by atoms with Gasteiger partial charge in [0.1, 0.15) is 0 Å². The van der Waals surface area contributed by atoms with Crippen LogP contribution in [0.5, 0.6) is 0 Å². The van der Waals surface area contributed by atoms with Crippen molar-refractivity contribution in [3.8, 4) is 0 Å². The Morgan fingerprint density at radius 2 is 1.40 bits per heavy atom. The normalized spacial score (nSPS) is 15.1. The van der Waals surface area contributed by atoms with Crippen LogP contribution in [-0.4, -0.2) is 68.2 Å². The highest BCUT2D eigenvalue weighted by Crippen LogP contribution is 2.29. The third-order valence-electron chi connectivity index (χ3n) is 6.65. The van der Waals surface area contributed by atoms with Gasteiger partial charge in [-0.3, -0.25) is 9.69 Å². The van der Waals surface area contributed by atoms with Gasteiger partial charge >= 0.3 is 0 Å². The smallest absolute Gasteiger partial charge is 0.243 e. The molecule has 6 nitrogen and oxygen atoms in total. The summed E-state index contributed by atoms with van der Waals surface area (Å²) in [6.07, 6.45) is 0. The van der Waals surface area contributed by atoms with Gasteiger partial charge in [0, 0.05) is 33.2 Å². The molecule has 0 unspecified atom stereocenters. The first-order valence-electron chi connectivity index (χ1n) is 11.9. The Labute approximate surface area is 208 Å². The maximum Gasteiger partial charge on any atom is 0.243 e. The van der Waals surface area contributed by atoms with E-state index in [-0.39, 0.29) is 23.4 Å². The molecule has 3 aromatic rings. The molecule has 1 heterocycles. The van der Waals surface area contributed by atoms with E-state index in [1.807, 2.05) is 25.1 Å². The molecule has 3 aromatic carbocycles. The molecule has 7 heteroatoms. The summed E-state index contributed by atoms with van der Waals surface area (Å²) in [5.74, 6) is -0.169. The minimum absolute atomic E-state index is 0.113. The van der Waals surface area contributed by atoms with Crippen LogP contribution in [0.15, 0.2) is 83.8 Å². The summed E-state index contributed by atoms with van der Waals surface area (Å²) in [7, 11) is -2.27. The lowest BCUT2D eigenvalue weighted by Gasteiger charge is -2.40. The summed E-state index contributed by atoms with van der Waals surface area (Å²) < 4.78 is 27.4. The number of hydrogen-bond acceptors (Lipinski definition) is 4. The maximum absolute atomic E-state index is 13.1. The highest BCUT2D eigenvalue weighted by Gasteiger charge is 2.30. The Morgan fingerprint density at radius 3 is 1.94 bits per heavy atom. The van der Waals surface area contributed by atoms with Crippen molar-refractivity contribution in [2.75, 3.05) is 39.8 Å². The number of likely N-dealkylation sites (N-methyl/N-ethyl adjacent to an activating group) is 1. The SMILES string of the molecule is Cc1ccc(C)c(S(=O)(=O)N(C)CC(=O)N2CCN(C(c3ccccc3)c3ccccc3)CC2)c1. The quantitative estimate of drug-likeness (QED) is 0.504. The first kappa shape index (κ1) is 25.1. The van der Waals surface area contributed by atoms with Crippen LogP contribution in [0, 0.1) is 13.8 Å². The number of nitrogens with zero attached hydrogens (tertiary/aromatic N) is 3. The minimum atomic E-state index is -3.75. The Balaban J connectivity index is 1.43. The third kappa shape index (κ3) is 5.64. The van der Waals surface area contributed by atoms with Crippen LogP contribution >= 0.6 is 0 Å². The predicted molar refractivity (Wildman–Crippen MR) is 139 cm³/mol. The first-order chi connectivity index (χ1) is 16.8. The van der Waals surface area contributed by atoms with E-state index in [1.54, 1.807) is 24.0 Å². The zero-order chi connectivity index (χ0) is 25.0. The van der Waals surface area contributed by atoms with Gasteiger partial charge in [0.15, 0.2) is 0 Å². The van der Waals surface area contributed by atoms with Crippen molar-refractivity contribution < 1.29 is 13.2 Å². The van der Waals surface area contributed by atoms with E-state index in [4.69, 9.17) is 0 Å². The predicted octanol–water partition coefficient (Wildman–Crippen LogP) is 3.86. The molecule has 1 amide bonds. The summed E-state index contributed by atoms with van der Waals surface area (Å²) in [6, 6.07) is 26.3. The van der Waals surface area contributed by atoms with Crippen LogP contribution in [0.3, 0.4) is 0 Å². The highest BCUT2D eigenvalue weighted by atomic mass is 32.2. The number of sulfonamides is 1. The van der Waals surface area contributed by atoms with Gasteiger partial charge in [-0.05, 0) is 42.2 Å². The molecular weight excluding hydrogens is 458 g/mol. The number of benzene rings is 3. The second-order valence-corrected chi connectivity index (χ2v) is 11.2. The molecule has 0 spiro atoms. The minimum Gasteiger partial charge on any atom is -0.339 e. The zero-order valence-electron chi connectivity index (χ0n) is 20.6. The van der Waals surface area contributed by atoms with E-state index < -0.39 is 10.0 Å². The van der Waals surface area contributed by atoms with Crippen LogP contribution in [0.2, 0.25) is 0 Å². The van der Waals surface area contributed by atoms with Gasteiger partial charge in [-0.15, -0.1) is 0 Å². The van der Waals surface area contributed by atoms with Gasteiger partial charge in [0.05, 0.1) is 17.5 Å². The van der Waals surface area contributed by atoms with E-state index in [9.17, 15) is 13.2 Å². The van der Waals surface area contributed by atoms with Crippen molar-refractivity contribution in [1.82, 2.24) is 14.1 Å². The molecule has 1 saturated heterocycles. The fraction of sp³-hybridized carbons (Fsp3) is 0.321. The molecule has 0 aromatic heterocycles. The molecule has 0 atom stereocenters. The summed E-state index contributed by atoms with van der Waals surface area (Å²) in [6.45, 7) is 6.02. The largest absolute Gasteiger partial charge is 0.339 e. The van der Waals surface area contributed by atoms with Crippen molar-refractivity contribution in [2.24, 2.45) is 0 Å². The summed E-state index contributed by atoms with van der Waals surface area (Å²) >= 11 is 0. The van der Waals surface area contributed by atoms with Crippen molar-refractivity contribution in [3.05, 3.63) is 101 Å². The number of rotatable bonds is 7. The van der Waals surface area contributed by atoms with E-state index in [0.29, 0.717) is 31.7 Å². The Hall–Kier alpha value is -3.00. The molecular formula is C28H33N3O3S. The van der Waals surface area contributed by atoms with Crippen LogP contribution in [0.4, 0.5) is 0 Å². The highest BCUT2D eigenvalue weighted by molar-refractivity contribution is 7.89. The van der Waals surface area contributed by atoms with Gasteiger partial charge in [-0.25, -0.2) is 8.42 Å². The van der Waals surface area contributed by atoms with Gasteiger partial charge in [0.25, 0.3) is 0 Å². The number of carbonyl (C=O) groups is 1. The van der Waals surface area contributed by atoms with E-state index >= 15 is 0 Å². The van der Waals surface area contributed by atoms with Crippen LogP contribution in [0.25, 0.3) is 0 Å². The molecule has 1 fully saturated rings. The van der Waals surface area contributed by atoms with Gasteiger partial charge in [-0.2, -0.15) is 4.31 Å². The summed E-state index contributed by atoms with van der Waals surface area (Å²) in [5.41, 5.74) is 3.99. The van der Waals surface area contributed by atoms with Crippen LogP contribution < -0.4 is 0 Å². The van der Waals surface area contributed by atoms with E-state index in [2.05, 4.69) is 53.4 Å². The number of hydrogen-bond donors (Lipinski definition) is 0. The van der Waals surface area contributed by atoms with Crippen LogP contribution in [0.1, 0.15) is 28.3 Å². The van der Waals surface area contributed by atoms with E-state index in [0.717, 1.165) is 5.56 Å². The average Bonchev–Trinajstić information content (AvgIpc) is 2.87.